The van der Waals surface area contributed by atoms with Gasteiger partial charge in [0.2, 0.25) is 0 Å². The van der Waals surface area contributed by atoms with E-state index in [4.69, 9.17) is 20.8 Å². The minimum absolute atomic E-state index is 0.0437. The van der Waals surface area contributed by atoms with E-state index in [0.29, 0.717) is 35.6 Å². The standard InChI is InChI=1S/C18H16ClN3O3/c19-14-1-3-15(4-2-14)21-18(23)13(12-20)11-16-5-6-17(25-16)22-7-9-24-10-8-22/h1-6,11H,7-10H2,(H,21,23). The Bertz CT molecular complexity index is 815. The molecule has 0 aliphatic carbocycles. The summed E-state index contributed by atoms with van der Waals surface area (Å²) in [6.07, 6.45) is 1.43. The molecule has 1 aliphatic heterocycles. The molecule has 1 aliphatic rings. The molecule has 1 fully saturated rings. The van der Waals surface area contributed by atoms with Crippen molar-refractivity contribution in [3.8, 4) is 6.07 Å². The van der Waals surface area contributed by atoms with Crippen LogP contribution in [0.5, 0.6) is 0 Å². The third-order valence-electron chi connectivity index (χ3n) is 3.69. The predicted molar refractivity (Wildman–Crippen MR) is 95.4 cm³/mol. The Morgan fingerprint density at radius 1 is 1.20 bits per heavy atom. The normalized spacial score (nSPS) is 14.9. The number of furan rings is 1. The van der Waals surface area contributed by atoms with Gasteiger partial charge in [0.1, 0.15) is 17.4 Å². The lowest BCUT2D eigenvalue weighted by molar-refractivity contribution is -0.112. The molecule has 1 saturated heterocycles. The first kappa shape index (κ1) is 17.1. The van der Waals surface area contributed by atoms with Gasteiger partial charge in [-0.2, -0.15) is 5.26 Å². The van der Waals surface area contributed by atoms with E-state index in [0.717, 1.165) is 13.1 Å². The van der Waals surface area contributed by atoms with Gasteiger partial charge >= 0.3 is 0 Å². The van der Waals surface area contributed by atoms with Crippen LogP contribution in [0.15, 0.2) is 46.4 Å². The van der Waals surface area contributed by atoms with E-state index in [9.17, 15) is 10.1 Å². The molecule has 7 heteroatoms. The zero-order chi connectivity index (χ0) is 17.6. The second-order valence-corrected chi connectivity index (χ2v) is 5.84. The Morgan fingerprint density at radius 2 is 1.92 bits per heavy atom. The Hall–Kier alpha value is -2.75. The summed E-state index contributed by atoms with van der Waals surface area (Å²) in [5.41, 5.74) is 0.516. The van der Waals surface area contributed by atoms with Crippen LogP contribution >= 0.6 is 11.6 Å². The average molecular weight is 358 g/mol. The van der Waals surface area contributed by atoms with Crippen molar-refractivity contribution in [2.75, 3.05) is 36.5 Å². The van der Waals surface area contributed by atoms with Crippen molar-refractivity contribution >= 4 is 35.2 Å². The van der Waals surface area contributed by atoms with Crippen molar-refractivity contribution in [2.45, 2.75) is 0 Å². The molecule has 1 N–H and O–H groups in total. The number of benzene rings is 1. The van der Waals surface area contributed by atoms with Crippen molar-refractivity contribution in [2.24, 2.45) is 0 Å². The average Bonchev–Trinajstić information content (AvgIpc) is 3.11. The quantitative estimate of drug-likeness (QED) is 0.670. The molecule has 6 nitrogen and oxygen atoms in total. The van der Waals surface area contributed by atoms with Crippen molar-refractivity contribution in [3.63, 3.8) is 0 Å². The van der Waals surface area contributed by atoms with Gasteiger partial charge in [0.05, 0.1) is 13.2 Å². The first-order valence-electron chi connectivity index (χ1n) is 7.77. The number of anilines is 2. The van der Waals surface area contributed by atoms with Crippen molar-refractivity contribution in [1.82, 2.24) is 0 Å². The summed E-state index contributed by atoms with van der Waals surface area (Å²) in [4.78, 5) is 14.3. The fraction of sp³-hybridized carbons (Fsp3) is 0.222. The number of amides is 1. The van der Waals surface area contributed by atoms with E-state index in [-0.39, 0.29) is 5.57 Å². The van der Waals surface area contributed by atoms with Crippen LogP contribution in [-0.2, 0) is 9.53 Å². The maximum Gasteiger partial charge on any atom is 0.266 e. The minimum Gasteiger partial charge on any atom is -0.441 e. The largest absolute Gasteiger partial charge is 0.441 e. The molecule has 0 radical (unpaired) electrons. The number of halogens is 1. The monoisotopic (exact) mass is 357 g/mol. The minimum atomic E-state index is -0.505. The van der Waals surface area contributed by atoms with E-state index in [1.165, 1.54) is 6.08 Å². The van der Waals surface area contributed by atoms with Gasteiger partial charge in [-0.1, -0.05) is 11.6 Å². The Balaban J connectivity index is 1.71. The molecule has 2 aromatic rings. The zero-order valence-corrected chi connectivity index (χ0v) is 14.1. The molecule has 128 valence electrons. The van der Waals surface area contributed by atoms with Gasteiger partial charge in [-0.15, -0.1) is 0 Å². The van der Waals surface area contributed by atoms with E-state index < -0.39 is 5.91 Å². The molecule has 1 amide bonds. The highest BCUT2D eigenvalue weighted by molar-refractivity contribution is 6.30. The Labute approximate surface area is 150 Å². The van der Waals surface area contributed by atoms with E-state index in [1.54, 1.807) is 30.3 Å². The summed E-state index contributed by atoms with van der Waals surface area (Å²) in [7, 11) is 0. The molecule has 0 saturated carbocycles. The highest BCUT2D eigenvalue weighted by Gasteiger charge is 2.15. The van der Waals surface area contributed by atoms with Gasteiger partial charge in [-0.3, -0.25) is 4.79 Å². The summed E-state index contributed by atoms with van der Waals surface area (Å²) in [6, 6.07) is 12.1. The lowest BCUT2D eigenvalue weighted by atomic mass is 10.2. The highest BCUT2D eigenvalue weighted by atomic mass is 35.5. The third-order valence-corrected chi connectivity index (χ3v) is 3.94. The Kier molecular flexibility index (Phi) is 5.39. The summed E-state index contributed by atoms with van der Waals surface area (Å²) in [5, 5.41) is 12.5. The lowest BCUT2D eigenvalue weighted by Crippen LogP contribution is -2.35. The molecular weight excluding hydrogens is 342 g/mol. The number of nitrogens with zero attached hydrogens (tertiary/aromatic N) is 2. The number of nitrogens with one attached hydrogen (secondary N) is 1. The van der Waals surface area contributed by atoms with Gasteiger partial charge in [-0.05, 0) is 30.3 Å². The SMILES string of the molecule is N#CC(=Cc1ccc(N2CCOCC2)o1)C(=O)Nc1ccc(Cl)cc1. The summed E-state index contributed by atoms with van der Waals surface area (Å²) in [5.74, 6) is 0.642. The smallest absolute Gasteiger partial charge is 0.266 e. The van der Waals surface area contributed by atoms with Crippen LogP contribution in [0.1, 0.15) is 5.76 Å². The molecule has 0 spiro atoms. The van der Waals surface area contributed by atoms with Crippen LogP contribution < -0.4 is 10.2 Å². The van der Waals surface area contributed by atoms with Crippen LogP contribution in [0.25, 0.3) is 6.08 Å². The van der Waals surface area contributed by atoms with Gasteiger partial charge < -0.3 is 19.4 Å². The second-order valence-electron chi connectivity index (χ2n) is 5.41. The van der Waals surface area contributed by atoms with Crippen molar-refractivity contribution < 1.29 is 13.9 Å². The van der Waals surface area contributed by atoms with Crippen LogP contribution in [0.3, 0.4) is 0 Å². The molecule has 0 atom stereocenters. The topological polar surface area (TPSA) is 78.5 Å². The van der Waals surface area contributed by atoms with Gasteiger partial charge in [0, 0.05) is 35.9 Å². The van der Waals surface area contributed by atoms with Crippen LogP contribution in [0.4, 0.5) is 11.6 Å². The second kappa shape index (κ2) is 7.88. The number of ether oxygens (including phenoxy) is 1. The summed E-state index contributed by atoms with van der Waals surface area (Å²) >= 11 is 5.81. The number of hydrogen-bond acceptors (Lipinski definition) is 5. The molecule has 2 heterocycles. The van der Waals surface area contributed by atoms with Gasteiger partial charge in [0.25, 0.3) is 5.91 Å². The third kappa shape index (κ3) is 4.41. The van der Waals surface area contributed by atoms with Crippen LogP contribution in [0.2, 0.25) is 5.02 Å². The first-order valence-corrected chi connectivity index (χ1v) is 8.15. The lowest BCUT2D eigenvalue weighted by Gasteiger charge is -2.26. The number of carbonyl (C=O) groups excluding carboxylic acids is 1. The highest BCUT2D eigenvalue weighted by Crippen LogP contribution is 2.22. The van der Waals surface area contributed by atoms with Crippen LogP contribution in [-0.4, -0.2) is 32.2 Å². The number of rotatable bonds is 4. The van der Waals surface area contributed by atoms with E-state index in [2.05, 4.69) is 10.2 Å². The fourth-order valence-corrected chi connectivity index (χ4v) is 2.52. The molecule has 25 heavy (non-hydrogen) atoms. The first-order chi connectivity index (χ1) is 12.2. The molecular formula is C18H16ClN3O3. The summed E-state index contributed by atoms with van der Waals surface area (Å²) in [6.45, 7) is 2.80. The van der Waals surface area contributed by atoms with Crippen molar-refractivity contribution in [3.05, 3.63) is 52.8 Å². The molecule has 0 bridgehead atoms. The molecule has 1 aromatic heterocycles. The zero-order valence-electron chi connectivity index (χ0n) is 13.4. The number of nitriles is 1. The van der Waals surface area contributed by atoms with E-state index in [1.807, 2.05) is 12.1 Å². The number of carbonyl (C=O) groups is 1. The number of hydrogen-bond donors (Lipinski definition) is 1. The maximum atomic E-state index is 12.2. The molecule has 0 unspecified atom stereocenters. The summed E-state index contributed by atoms with van der Waals surface area (Å²) < 4.78 is 11.0. The predicted octanol–water partition coefficient (Wildman–Crippen LogP) is 3.32. The van der Waals surface area contributed by atoms with Gasteiger partial charge in [-0.25, -0.2) is 0 Å². The van der Waals surface area contributed by atoms with Gasteiger partial charge in [0.15, 0.2) is 5.88 Å². The fourth-order valence-electron chi connectivity index (χ4n) is 2.40. The van der Waals surface area contributed by atoms with Crippen LogP contribution in [0, 0.1) is 11.3 Å². The molecule has 3 rings (SSSR count). The number of morpholine rings is 1. The van der Waals surface area contributed by atoms with E-state index >= 15 is 0 Å². The molecule has 1 aromatic carbocycles. The maximum absolute atomic E-state index is 12.2. The Morgan fingerprint density at radius 3 is 2.60 bits per heavy atom. The van der Waals surface area contributed by atoms with Crippen molar-refractivity contribution in [1.29, 1.82) is 5.26 Å².